The molecule has 0 aliphatic heterocycles. The molecule has 0 saturated carbocycles. The Labute approximate surface area is 148 Å². The van der Waals surface area contributed by atoms with Gasteiger partial charge in [0, 0.05) is 11.8 Å². The van der Waals surface area contributed by atoms with Crippen LogP contribution >= 0.6 is 0 Å². The summed E-state index contributed by atoms with van der Waals surface area (Å²) in [5, 5.41) is 13.6. The molecule has 1 amide bonds. The van der Waals surface area contributed by atoms with Crippen molar-refractivity contribution in [2.75, 3.05) is 5.32 Å². The Morgan fingerprint density at radius 3 is 2.69 bits per heavy atom. The first-order valence-corrected chi connectivity index (χ1v) is 8.03. The number of fused-ring (bicyclic) bond motifs is 1. The van der Waals surface area contributed by atoms with Gasteiger partial charge in [0.05, 0.1) is 16.5 Å². The van der Waals surface area contributed by atoms with Crippen LogP contribution in [0.1, 0.15) is 25.3 Å². The molecule has 0 aliphatic rings. The fraction of sp³-hybridized carbons (Fsp3) is 0.222. The molecule has 8 nitrogen and oxygen atoms in total. The molecule has 0 fully saturated rings. The van der Waals surface area contributed by atoms with E-state index in [9.17, 15) is 19.7 Å². The number of anilines is 1. The van der Waals surface area contributed by atoms with Gasteiger partial charge in [0.25, 0.3) is 5.69 Å². The highest BCUT2D eigenvalue weighted by molar-refractivity contribution is 5.92. The second kappa shape index (κ2) is 6.83. The maximum absolute atomic E-state index is 12.4. The molecular formula is C18H17N3O5. The summed E-state index contributed by atoms with van der Waals surface area (Å²) in [5.41, 5.74) is 1.88. The van der Waals surface area contributed by atoms with Crippen LogP contribution in [-0.2, 0) is 11.3 Å². The third-order valence-electron chi connectivity index (χ3n) is 4.02. The molecule has 8 heteroatoms. The highest BCUT2D eigenvalue weighted by Gasteiger charge is 2.17. The smallest absolute Gasteiger partial charge is 0.407 e. The van der Waals surface area contributed by atoms with Crippen molar-refractivity contribution < 1.29 is 14.1 Å². The quantitative estimate of drug-likeness (QED) is 0.558. The van der Waals surface area contributed by atoms with E-state index >= 15 is 0 Å². The van der Waals surface area contributed by atoms with Crippen LogP contribution in [0.2, 0.25) is 0 Å². The summed E-state index contributed by atoms with van der Waals surface area (Å²) < 4.78 is 6.17. The first-order chi connectivity index (χ1) is 12.4. The third-order valence-corrected chi connectivity index (χ3v) is 4.02. The van der Waals surface area contributed by atoms with Crippen LogP contribution in [0.4, 0.5) is 11.4 Å². The second-order valence-corrected chi connectivity index (χ2v) is 6.15. The molecule has 3 aromatic rings. The summed E-state index contributed by atoms with van der Waals surface area (Å²) in [6.07, 6.45) is 0. The lowest BCUT2D eigenvalue weighted by Crippen LogP contribution is -2.25. The van der Waals surface area contributed by atoms with Crippen molar-refractivity contribution >= 4 is 28.4 Å². The van der Waals surface area contributed by atoms with Crippen molar-refractivity contribution in [3.8, 4) is 0 Å². The van der Waals surface area contributed by atoms with Crippen molar-refractivity contribution in [1.82, 2.24) is 4.57 Å². The zero-order chi connectivity index (χ0) is 18.8. The van der Waals surface area contributed by atoms with Crippen molar-refractivity contribution in [3.05, 3.63) is 68.7 Å². The molecule has 26 heavy (non-hydrogen) atoms. The predicted octanol–water partition coefficient (Wildman–Crippen LogP) is 3.26. The van der Waals surface area contributed by atoms with E-state index in [1.54, 1.807) is 6.07 Å². The van der Waals surface area contributed by atoms with Crippen LogP contribution < -0.4 is 11.1 Å². The normalized spacial score (nSPS) is 11.0. The number of benzene rings is 2. The van der Waals surface area contributed by atoms with Crippen LogP contribution in [0.3, 0.4) is 0 Å². The monoisotopic (exact) mass is 355 g/mol. The Hall–Kier alpha value is -3.42. The van der Waals surface area contributed by atoms with Crippen LogP contribution in [-0.4, -0.2) is 15.4 Å². The van der Waals surface area contributed by atoms with Crippen LogP contribution in [0.5, 0.6) is 0 Å². The molecule has 0 aliphatic carbocycles. The minimum absolute atomic E-state index is 0.0691. The number of carbonyl (C=O) groups is 1. The molecule has 0 bridgehead atoms. The number of hydrogen-bond donors (Lipinski definition) is 1. The molecule has 0 unspecified atom stereocenters. The van der Waals surface area contributed by atoms with Gasteiger partial charge in [-0.2, -0.15) is 0 Å². The fourth-order valence-electron chi connectivity index (χ4n) is 2.77. The van der Waals surface area contributed by atoms with Crippen LogP contribution in [0, 0.1) is 10.1 Å². The standard InChI is InChI=1S/C18H17N3O5/c1-11(2)13-5-3-4-6-14(13)19-17(22)10-20-15-8-7-12(21(24)25)9-16(15)26-18(20)23/h3-9,11H,10H2,1-2H3,(H,19,22). The van der Waals surface area contributed by atoms with Crippen molar-refractivity contribution in [1.29, 1.82) is 0 Å². The molecule has 1 heterocycles. The van der Waals surface area contributed by atoms with E-state index in [2.05, 4.69) is 5.32 Å². The Balaban J connectivity index is 1.87. The van der Waals surface area contributed by atoms with Crippen molar-refractivity contribution in [2.45, 2.75) is 26.3 Å². The van der Waals surface area contributed by atoms with Gasteiger partial charge >= 0.3 is 5.76 Å². The summed E-state index contributed by atoms with van der Waals surface area (Å²) in [6.45, 7) is 3.79. The number of hydrogen-bond acceptors (Lipinski definition) is 5. The molecule has 1 aromatic heterocycles. The number of rotatable bonds is 5. The Morgan fingerprint density at radius 2 is 2.00 bits per heavy atom. The number of oxazole rings is 1. The van der Waals surface area contributed by atoms with Gasteiger partial charge in [0.1, 0.15) is 6.54 Å². The van der Waals surface area contributed by atoms with E-state index in [0.29, 0.717) is 11.2 Å². The molecule has 3 rings (SSSR count). The van der Waals surface area contributed by atoms with Crippen molar-refractivity contribution in [3.63, 3.8) is 0 Å². The summed E-state index contributed by atoms with van der Waals surface area (Å²) in [6, 6.07) is 11.3. The molecule has 0 spiro atoms. The van der Waals surface area contributed by atoms with Gasteiger partial charge in [0.2, 0.25) is 5.91 Å². The first-order valence-electron chi connectivity index (χ1n) is 8.03. The number of aromatic nitrogens is 1. The van der Waals surface area contributed by atoms with E-state index in [-0.39, 0.29) is 29.6 Å². The largest absolute Gasteiger partial charge is 0.420 e. The lowest BCUT2D eigenvalue weighted by molar-refractivity contribution is -0.384. The Kier molecular flexibility index (Phi) is 4.57. The van der Waals surface area contributed by atoms with E-state index in [0.717, 1.165) is 10.1 Å². The molecule has 0 saturated heterocycles. The van der Waals surface area contributed by atoms with E-state index in [1.165, 1.54) is 18.2 Å². The number of para-hydroxylation sites is 1. The summed E-state index contributed by atoms with van der Waals surface area (Å²) >= 11 is 0. The summed E-state index contributed by atoms with van der Waals surface area (Å²) in [7, 11) is 0. The number of nitrogens with zero attached hydrogens (tertiary/aromatic N) is 2. The number of non-ortho nitro benzene ring substituents is 1. The maximum Gasteiger partial charge on any atom is 0.420 e. The van der Waals surface area contributed by atoms with Gasteiger partial charge < -0.3 is 9.73 Å². The topological polar surface area (TPSA) is 107 Å². The zero-order valence-electron chi connectivity index (χ0n) is 14.3. The SMILES string of the molecule is CC(C)c1ccccc1NC(=O)Cn1c(=O)oc2cc([N+](=O)[O-])ccc21. The van der Waals surface area contributed by atoms with Gasteiger partial charge in [0.15, 0.2) is 5.58 Å². The zero-order valence-corrected chi connectivity index (χ0v) is 14.3. The maximum atomic E-state index is 12.4. The average Bonchev–Trinajstić information content (AvgIpc) is 2.90. The minimum atomic E-state index is -0.743. The Bertz CT molecular complexity index is 1050. The summed E-state index contributed by atoms with van der Waals surface area (Å²) in [5.74, 6) is -0.904. The van der Waals surface area contributed by atoms with Crippen LogP contribution in [0.25, 0.3) is 11.1 Å². The second-order valence-electron chi connectivity index (χ2n) is 6.15. The van der Waals surface area contributed by atoms with Gasteiger partial charge in [-0.1, -0.05) is 32.0 Å². The van der Waals surface area contributed by atoms with E-state index in [4.69, 9.17) is 4.42 Å². The molecular weight excluding hydrogens is 338 g/mol. The van der Waals surface area contributed by atoms with Gasteiger partial charge in [-0.15, -0.1) is 0 Å². The predicted molar refractivity (Wildman–Crippen MR) is 96.3 cm³/mol. The molecule has 2 aromatic carbocycles. The average molecular weight is 355 g/mol. The molecule has 134 valence electrons. The van der Waals surface area contributed by atoms with Crippen LogP contribution in [0.15, 0.2) is 51.7 Å². The van der Waals surface area contributed by atoms with Gasteiger partial charge in [-0.25, -0.2) is 4.79 Å². The number of carbonyl (C=O) groups excluding carboxylic acids is 1. The lowest BCUT2D eigenvalue weighted by Gasteiger charge is -2.13. The van der Waals surface area contributed by atoms with Crippen molar-refractivity contribution in [2.24, 2.45) is 0 Å². The number of nitro groups is 1. The van der Waals surface area contributed by atoms with Gasteiger partial charge in [-0.3, -0.25) is 19.5 Å². The summed E-state index contributed by atoms with van der Waals surface area (Å²) in [4.78, 5) is 34.7. The Morgan fingerprint density at radius 1 is 1.27 bits per heavy atom. The molecule has 1 N–H and O–H groups in total. The third kappa shape index (κ3) is 3.34. The van der Waals surface area contributed by atoms with Gasteiger partial charge in [-0.05, 0) is 23.6 Å². The minimum Gasteiger partial charge on any atom is -0.407 e. The highest BCUT2D eigenvalue weighted by Crippen LogP contribution is 2.24. The molecule has 0 atom stereocenters. The fourth-order valence-corrected chi connectivity index (χ4v) is 2.77. The highest BCUT2D eigenvalue weighted by atomic mass is 16.6. The molecule has 0 radical (unpaired) electrons. The number of nitrogens with one attached hydrogen (secondary N) is 1. The van der Waals surface area contributed by atoms with E-state index in [1.807, 2.05) is 32.0 Å². The first kappa shape index (κ1) is 17.4. The van der Waals surface area contributed by atoms with E-state index < -0.39 is 10.7 Å². The number of nitro benzene ring substituents is 1. The number of amides is 1. The lowest BCUT2D eigenvalue weighted by atomic mass is 10.0.